The molecule has 0 heterocycles. The molecule has 6 heteroatoms. The van der Waals surface area contributed by atoms with Crippen LogP contribution < -0.4 is 4.74 Å². The highest BCUT2D eigenvalue weighted by Gasteiger charge is 2.05. The van der Waals surface area contributed by atoms with Crippen molar-refractivity contribution in [1.82, 2.24) is 0 Å². The van der Waals surface area contributed by atoms with Crippen LogP contribution in [0.15, 0.2) is 42.5 Å². The normalized spacial score (nSPS) is 10.8. The Hall–Kier alpha value is -2.40. The smallest absolute Gasteiger partial charge is 0.328 e. The zero-order valence-electron chi connectivity index (χ0n) is 10.5. The molecule has 2 aromatic rings. The van der Waals surface area contributed by atoms with E-state index in [4.69, 9.17) is 21.4 Å². The van der Waals surface area contributed by atoms with Crippen molar-refractivity contribution in [3.05, 3.63) is 64.7 Å². The third-order valence-corrected chi connectivity index (χ3v) is 2.78. The van der Waals surface area contributed by atoms with Gasteiger partial charge in [0.25, 0.3) is 0 Å². The molecular formula is C15H9ClF2O3. The molecule has 2 rings (SSSR count). The first kappa shape index (κ1) is 15.0. The van der Waals surface area contributed by atoms with E-state index in [1.165, 1.54) is 24.3 Å². The quantitative estimate of drug-likeness (QED) is 0.845. The monoisotopic (exact) mass is 310 g/mol. The Bertz CT molecular complexity index is 694. The predicted molar refractivity (Wildman–Crippen MR) is 74.6 cm³/mol. The molecule has 0 aromatic heterocycles. The molecule has 0 saturated carbocycles. The van der Waals surface area contributed by atoms with Crippen molar-refractivity contribution in [1.29, 1.82) is 0 Å². The number of ether oxygens (including phenoxy) is 1. The van der Waals surface area contributed by atoms with Gasteiger partial charge in [-0.25, -0.2) is 13.6 Å². The van der Waals surface area contributed by atoms with E-state index in [0.717, 1.165) is 24.3 Å². The Kier molecular flexibility index (Phi) is 4.55. The van der Waals surface area contributed by atoms with Crippen LogP contribution in [0, 0.1) is 11.6 Å². The maximum Gasteiger partial charge on any atom is 0.328 e. The van der Waals surface area contributed by atoms with Gasteiger partial charge in [0, 0.05) is 24.3 Å². The standard InChI is InChI=1S/C15H9ClF2O3/c16-14-8-12(3-1-9(14)2-4-15(19)20)21-13-6-10(17)5-11(18)7-13/h1-8H,(H,19,20)/b4-2+. The summed E-state index contributed by atoms with van der Waals surface area (Å²) in [7, 11) is 0. The second-order valence-electron chi connectivity index (χ2n) is 4.06. The summed E-state index contributed by atoms with van der Waals surface area (Å²) >= 11 is 5.97. The molecule has 0 aliphatic rings. The van der Waals surface area contributed by atoms with E-state index in [-0.39, 0.29) is 16.5 Å². The van der Waals surface area contributed by atoms with E-state index < -0.39 is 17.6 Å². The Morgan fingerprint density at radius 1 is 1.10 bits per heavy atom. The van der Waals surface area contributed by atoms with Crippen LogP contribution in [0.1, 0.15) is 5.56 Å². The predicted octanol–water partition coefficient (Wildman–Crippen LogP) is 4.51. The van der Waals surface area contributed by atoms with E-state index in [0.29, 0.717) is 5.56 Å². The first-order valence-corrected chi connectivity index (χ1v) is 6.16. The molecule has 3 nitrogen and oxygen atoms in total. The molecule has 0 fully saturated rings. The number of carboxylic acids is 1. The van der Waals surface area contributed by atoms with Gasteiger partial charge in [-0.15, -0.1) is 0 Å². The number of rotatable bonds is 4. The van der Waals surface area contributed by atoms with Crippen LogP contribution in [0.5, 0.6) is 11.5 Å². The van der Waals surface area contributed by atoms with Crippen LogP contribution in [-0.2, 0) is 4.79 Å². The third kappa shape index (κ3) is 4.29. The lowest BCUT2D eigenvalue weighted by atomic mass is 10.2. The fourth-order valence-electron chi connectivity index (χ4n) is 1.59. The highest BCUT2D eigenvalue weighted by atomic mass is 35.5. The largest absolute Gasteiger partial charge is 0.478 e. The Labute approximate surface area is 124 Å². The number of benzene rings is 2. The van der Waals surface area contributed by atoms with Gasteiger partial charge in [0.15, 0.2) is 0 Å². The molecule has 0 aliphatic heterocycles. The van der Waals surface area contributed by atoms with Gasteiger partial charge in [-0.3, -0.25) is 0 Å². The number of hydrogen-bond donors (Lipinski definition) is 1. The van der Waals surface area contributed by atoms with E-state index >= 15 is 0 Å². The minimum Gasteiger partial charge on any atom is -0.478 e. The minimum atomic E-state index is -1.10. The number of hydrogen-bond acceptors (Lipinski definition) is 2. The van der Waals surface area contributed by atoms with Crippen molar-refractivity contribution < 1.29 is 23.4 Å². The third-order valence-electron chi connectivity index (χ3n) is 2.45. The Morgan fingerprint density at radius 2 is 1.76 bits per heavy atom. The summed E-state index contributed by atoms with van der Waals surface area (Å²) in [6, 6.07) is 7.28. The second kappa shape index (κ2) is 6.37. The van der Waals surface area contributed by atoms with Gasteiger partial charge in [0.05, 0.1) is 5.02 Å². The van der Waals surface area contributed by atoms with Crippen molar-refractivity contribution in [2.24, 2.45) is 0 Å². The van der Waals surface area contributed by atoms with Crippen molar-refractivity contribution in [3.8, 4) is 11.5 Å². The zero-order valence-corrected chi connectivity index (χ0v) is 11.3. The van der Waals surface area contributed by atoms with Gasteiger partial charge in [-0.05, 0) is 29.8 Å². The SMILES string of the molecule is O=C(O)/C=C/c1ccc(Oc2cc(F)cc(F)c2)cc1Cl. The van der Waals surface area contributed by atoms with E-state index in [2.05, 4.69) is 0 Å². The summed E-state index contributed by atoms with van der Waals surface area (Å²) in [6.45, 7) is 0. The summed E-state index contributed by atoms with van der Waals surface area (Å²) in [5.41, 5.74) is 0.483. The van der Waals surface area contributed by atoms with Crippen LogP contribution in [0.4, 0.5) is 8.78 Å². The molecule has 0 bridgehead atoms. The van der Waals surface area contributed by atoms with Crippen molar-refractivity contribution in [3.63, 3.8) is 0 Å². The van der Waals surface area contributed by atoms with Gasteiger partial charge in [-0.1, -0.05) is 11.6 Å². The highest BCUT2D eigenvalue weighted by molar-refractivity contribution is 6.32. The molecule has 2 aromatic carbocycles. The first-order chi connectivity index (χ1) is 9.94. The van der Waals surface area contributed by atoms with Gasteiger partial charge in [-0.2, -0.15) is 0 Å². The molecule has 0 spiro atoms. The minimum absolute atomic E-state index is 0.00241. The topological polar surface area (TPSA) is 46.5 Å². The van der Waals surface area contributed by atoms with Crippen LogP contribution in [0.3, 0.4) is 0 Å². The van der Waals surface area contributed by atoms with Gasteiger partial charge >= 0.3 is 5.97 Å². The average molecular weight is 311 g/mol. The molecule has 108 valence electrons. The van der Waals surface area contributed by atoms with Crippen LogP contribution in [0.2, 0.25) is 5.02 Å². The maximum absolute atomic E-state index is 13.0. The molecule has 0 amide bonds. The van der Waals surface area contributed by atoms with E-state index in [1.54, 1.807) is 0 Å². The van der Waals surface area contributed by atoms with E-state index in [9.17, 15) is 13.6 Å². The highest BCUT2D eigenvalue weighted by Crippen LogP contribution is 2.28. The fraction of sp³-hybridized carbons (Fsp3) is 0. The summed E-state index contributed by atoms with van der Waals surface area (Å²) in [4.78, 5) is 10.4. The lowest BCUT2D eigenvalue weighted by Gasteiger charge is -2.07. The molecule has 0 saturated heterocycles. The number of carboxylic acid groups (broad SMARTS) is 1. The van der Waals surface area contributed by atoms with Gasteiger partial charge in [0.2, 0.25) is 0 Å². The summed E-state index contributed by atoms with van der Waals surface area (Å²) < 4.78 is 31.4. The second-order valence-corrected chi connectivity index (χ2v) is 4.47. The number of carbonyl (C=O) groups is 1. The lowest BCUT2D eigenvalue weighted by Crippen LogP contribution is -1.89. The maximum atomic E-state index is 13.0. The van der Waals surface area contributed by atoms with Crippen LogP contribution in [-0.4, -0.2) is 11.1 Å². The average Bonchev–Trinajstić information content (AvgIpc) is 2.36. The summed E-state index contributed by atoms with van der Waals surface area (Å²) in [5.74, 6) is -2.33. The summed E-state index contributed by atoms with van der Waals surface area (Å²) in [5, 5.41) is 8.79. The van der Waals surface area contributed by atoms with Crippen LogP contribution >= 0.6 is 11.6 Å². The molecule has 1 N–H and O–H groups in total. The van der Waals surface area contributed by atoms with Gasteiger partial charge < -0.3 is 9.84 Å². The molecule has 0 unspecified atom stereocenters. The Balaban J connectivity index is 2.22. The van der Waals surface area contributed by atoms with Crippen LogP contribution in [0.25, 0.3) is 6.08 Å². The molecule has 0 atom stereocenters. The Morgan fingerprint density at radius 3 is 2.33 bits per heavy atom. The van der Waals surface area contributed by atoms with Crippen molar-refractivity contribution in [2.45, 2.75) is 0 Å². The van der Waals surface area contributed by atoms with E-state index in [1.807, 2.05) is 0 Å². The molecule has 0 radical (unpaired) electrons. The van der Waals surface area contributed by atoms with Gasteiger partial charge in [0.1, 0.15) is 23.1 Å². The van der Waals surface area contributed by atoms with Crippen molar-refractivity contribution in [2.75, 3.05) is 0 Å². The summed E-state index contributed by atoms with van der Waals surface area (Å²) in [6.07, 6.45) is 2.28. The fourth-order valence-corrected chi connectivity index (χ4v) is 1.82. The molecule has 21 heavy (non-hydrogen) atoms. The molecular weight excluding hydrogens is 302 g/mol. The number of aliphatic carboxylic acids is 1. The number of halogens is 3. The molecule has 0 aliphatic carbocycles. The first-order valence-electron chi connectivity index (χ1n) is 5.78. The van der Waals surface area contributed by atoms with Crippen molar-refractivity contribution >= 4 is 23.6 Å². The zero-order chi connectivity index (χ0) is 15.4. The lowest BCUT2D eigenvalue weighted by molar-refractivity contribution is -0.131.